The molecule has 33 heavy (non-hydrogen) atoms. The number of nitrogens with zero attached hydrogens (tertiary/aromatic N) is 3. The van der Waals surface area contributed by atoms with E-state index in [1.165, 1.54) is 6.33 Å². The number of anilines is 2. The van der Waals surface area contributed by atoms with Gasteiger partial charge in [-0.1, -0.05) is 18.0 Å². The number of carbonyl (C=O) groups is 2. The van der Waals surface area contributed by atoms with Gasteiger partial charge in [0.1, 0.15) is 17.2 Å². The number of hydrogen-bond acceptors (Lipinski definition) is 7. The summed E-state index contributed by atoms with van der Waals surface area (Å²) in [4.78, 5) is 35.7. The molecule has 180 valence electrons. The molecule has 1 aromatic rings. The predicted octanol–water partition coefficient (Wildman–Crippen LogP) is 3.08. The minimum Gasteiger partial charge on any atom is -0.382 e. The number of amides is 1. The van der Waals surface area contributed by atoms with E-state index < -0.39 is 18.5 Å². The third-order valence-corrected chi connectivity index (χ3v) is 6.05. The number of rotatable bonds is 4. The predicted molar refractivity (Wildman–Crippen MR) is 118 cm³/mol. The number of nitrogens with two attached hydrogens (primary N) is 1. The second kappa shape index (κ2) is 10.5. The molecule has 4 N–H and O–H groups in total. The van der Waals surface area contributed by atoms with Crippen LogP contribution in [-0.2, 0) is 9.59 Å². The summed E-state index contributed by atoms with van der Waals surface area (Å²) in [6, 6.07) is 0. The first-order valence-electron chi connectivity index (χ1n) is 10.6. The summed E-state index contributed by atoms with van der Waals surface area (Å²) in [5.41, 5.74) is 6.92. The molecule has 1 aliphatic carbocycles. The zero-order valence-electron chi connectivity index (χ0n) is 18.1. The van der Waals surface area contributed by atoms with Gasteiger partial charge in [-0.05, 0) is 38.0 Å². The van der Waals surface area contributed by atoms with Crippen molar-refractivity contribution < 1.29 is 22.8 Å². The Morgan fingerprint density at radius 2 is 2.03 bits per heavy atom. The highest BCUT2D eigenvalue weighted by Gasteiger charge is 2.35. The number of carbonyl (C=O) groups excluding carboxylic acids is 2. The van der Waals surface area contributed by atoms with E-state index in [0.717, 1.165) is 0 Å². The van der Waals surface area contributed by atoms with Gasteiger partial charge < -0.3 is 21.3 Å². The molecule has 1 aromatic heterocycles. The molecule has 1 aliphatic heterocycles. The molecule has 0 spiro atoms. The zero-order chi connectivity index (χ0) is 24.2. The Balaban J connectivity index is 1.78. The lowest BCUT2D eigenvalue weighted by atomic mass is 9.81. The van der Waals surface area contributed by atoms with Crippen LogP contribution in [0.15, 0.2) is 29.2 Å². The van der Waals surface area contributed by atoms with Gasteiger partial charge in [-0.25, -0.2) is 9.97 Å². The second-order valence-corrected chi connectivity index (χ2v) is 8.45. The first-order valence-corrected chi connectivity index (χ1v) is 11.0. The number of allylic oxidation sites excluding steroid dienone is 3. The number of ketones is 1. The fourth-order valence-electron chi connectivity index (χ4n) is 3.99. The highest BCUT2D eigenvalue weighted by Crippen LogP contribution is 2.33. The summed E-state index contributed by atoms with van der Waals surface area (Å²) in [5.74, 6) is -1.11. The molecular weight excluding hydrogens is 461 g/mol. The number of fused-ring (bicyclic) bond motifs is 1. The molecule has 2 heterocycles. The van der Waals surface area contributed by atoms with Crippen LogP contribution in [-0.4, -0.2) is 58.9 Å². The summed E-state index contributed by atoms with van der Waals surface area (Å²) < 4.78 is 37.9. The third kappa shape index (κ3) is 6.44. The normalized spacial score (nSPS) is 21.1. The van der Waals surface area contributed by atoms with Gasteiger partial charge in [0, 0.05) is 25.2 Å². The van der Waals surface area contributed by atoms with E-state index >= 15 is 0 Å². The van der Waals surface area contributed by atoms with E-state index in [0.29, 0.717) is 43.5 Å². The number of aromatic nitrogens is 2. The third-order valence-electron chi connectivity index (χ3n) is 5.67. The monoisotopic (exact) mass is 486 g/mol. The average Bonchev–Trinajstić information content (AvgIpc) is 2.77. The molecule has 1 amide bonds. The van der Waals surface area contributed by atoms with Crippen LogP contribution < -0.4 is 16.4 Å². The summed E-state index contributed by atoms with van der Waals surface area (Å²) in [5, 5.41) is 5.74. The molecule has 8 nitrogen and oxygen atoms in total. The summed E-state index contributed by atoms with van der Waals surface area (Å²) in [6.07, 6.45) is -0.758. The van der Waals surface area contributed by atoms with Gasteiger partial charge in [-0.15, -0.1) is 0 Å². The number of hydrogen-bond donors (Lipinski definition) is 3. The molecule has 0 bridgehead atoms. The number of halogens is 4. The fourth-order valence-corrected chi connectivity index (χ4v) is 4.14. The van der Waals surface area contributed by atoms with Crippen molar-refractivity contribution in [3.05, 3.63) is 34.3 Å². The van der Waals surface area contributed by atoms with Crippen LogP contribution in [0.2, 0.25) is 5.02 Å². The number of nitrogens with one attached hydrogen (secondary N) is 2. The van der Waals surface area contributed by atoms with E-state index in [9.17, 15) is 22.8 Å². The highest BCUT2D eigenvalue weighted by atomic mass is 35.5. The Hall–Kier alpha value is -2.66. The van der Waals surface area contributed by atoms with Crippen LogP contribution >= 0.6 is 11.6 Å². The van der Waals surface area contributed by atoms with Crippen molar-refractivity contribution in [1.29, 1.82) is 0 Å². The fraction of sp³-hybridized carbons (Fsp3) is 0.524. The standard InChI is InChI=1S/C21H26ClF3N6O2/c1-12-10-14(30-19-16(22)18(26)28-11-29-19)17(32)13-4-2-3-7-31(8-5-21(23,24)25)9-6-27-20(33)15(12)13/h10-11,13H,2-9H2,1H3,(H,27,33)(H3,26,28,29,30). The van der Waals surface area contributed by atoms with Crippen molar-refractivity contribution >= 4 is 34.9 Å². The van der Waals surface area contributed by atoms with E-state index in [2.05, 4.69) is 20.6 Å². The number of Topliss-reactive ketones (excluding diaryl/α,β-unsaturated/α-hetero) is 1. The first-order chi connectivity index (χ1) is 15.6. The van der Waals surface area contributed by atoms with Gasteiger partial charge in [0.25, 0.3) is 0 Å². The van der Waals surface area contributed by atoms with Gasteiger partial charge in [0.05, 0.1) is 18.0 Å². The van der Waals surface area contributed by atoms with Crippen molar-refractivity contribution in [1.82, 2.24) is 20.2 Å². The molecule has 2 aliphatic rings. The SMILES string of the molecule is CC1=C2C(=O)NCCN(CCC(F)(F)F)CCCCC2C(=O)C(Nc2ncnc(N)c2Cl)=C1. The van der Waals surface area contributed by atoms with Gasteiger partial charge in [0.15, 0.2) is 11.6 Å². The highest BCUT2D eigenvalue weighted by molar-refractivity contribution is 6.35. The van der Waals surface area contributed by atoms with Crippen molar-refractivity contribution in [2.24, 2.45) is 5.92 Å². The molecule has 0 radical (unpaired) electrons. The summed E-state index contributed by atoms with van der Waals surface area (Å²) in [7, 11) is 0. The lowest BCUT2D eigenvalue weighted by Gasteiger charge is -2.26. The molecule has 12 heteroatoms. The minimum atomic E-state index is -4.23. The second-order valence-electron chi connectivity index (χ2n) is 8.08. The number of alkyl halides is 3. The quantitative estimate of drug-likeness (QED) is 0.599. The van der Waals surface area contributed by atoms with E-state index in [1.54, 1.807) is 17.9 Å². The molecule has 0 aromatic carbocycles. The molecular formula is C21H26ClF3N6O2. The van der Waals surface area contributed by atoms with Crippen LogP contribution in [0.5, 0.6) is 0 Å². The van der Waals surface area contributed by atoms with E-state index in [4.69, 9.17) is 17.3 Å². The molecule has 1 unspecified atom stereocenters. The lowest BCUT2D eigenvalue weighted by molar-refractivity contribution is -0.138. The Morgan fingerprint density at radius 3 is 2.76 bits per heavy atom. The molecule has 1 fully saturated rings. The van der Waals surface area contributed by atoms with Crippen molar-refractivity contribution in [2.75, 3.05) is 37.2 Å². The van der Waals surface area contributed by atoms with Gasteiger partial charge in [-0.2, -0.15) is 13.2 Å². The van der Waals surface area contributed by atoms with Crippen molar-refractivity contribution in [3.63, 3.8) is 0 Å². The summed E-state index contributed by atoms with van der Waals surface area (Å²) >= 11 is 6.13. The zero-order valence-corrected chi connectivity index (χ0v) is 18.9. The topological polar surface area (TPSA) is 113 Å². The van der Waals surface area contributed by atoms with Crippen LogP contribution in [0.1, 0.15) is 32.6 Å². The molecule has 0 saturated carbocycles. The largest absolute Gasteiger partial charge is 0.390 e. The molecule has 1 saturated heterocycles. The van der Waals surface area contributed by atoms with Gasteiger partial charge in [0.2, 0.25) is 5.91 Å². The smallest absolute Gasteiger partial charge is 0.382 e. The Kier molecular flexibility index (Phi) is 7.96. The van der Waals surface area contributed by atoms with Gasteiger partial charge in [-0.3, -0.25) is 9.59 Å². The number of nitrogen functional groups attached to an aromatic ring is 1. The first kappa shape index (κ1) is 25.0. The lowest BCUT2D eigenvalue weighted by Crippen LogP contribution is -2.39. The van der Waals surface area contributed by atoms with Crippen LogP contribution in [0, 0.1) is 5.92 Å². The van der Waals surface area contributed by atoms with Crippen molar-refractivity contribution in [3.8, 4) is 0 Å². The summed E-state index contributed by atoms with van der Waals surface area (Å²) in [6.45, 7) is 2.58. The van der Waals surface area contributed by atoms with Crippen molar-refractivity contribution in [2.45, 2.75) is 38.8 Å². The van der Waals surface area contributed by atoms with E-state index in [-0.39, 0.29) is 47.1 Å². The molecule has 3 rings (SSSR count). The van der Waals surface area contributed by atoms with Crippen LogP contribution in [0.4, 0.5) is 24.8 Å². The van der Waals surface area contributed by atoms with Gasteiger partial charge >= 0.3 is 6.18 Å². The van der Waals surface area contributed by atoms with E-state index in [1.807, 2.05) is 0 Å². The minimum absolute atomic E-state index is 0.0652. The van der Waals surface area contributed by atoms with Crippen LogP contribution in [0.3, 0.4) is 0 Å². The Bertz CT molecular complexity index is 979. The molecule has 1 atom stereocenters. The Morgan fingerprint density at radius 1 is 1.27 bits per heavy atom. The van der Waals surface area contributed by atoms with Crippen LogP contribution in [0.25, 0.3) is 0 Å². The maximum absolute atomic E-state index is 13.3. The Labute approximate surface area is 194 Å². The maximum Gasteiger partial charge on any atom is 0.390 e. The maximum atomic E-state index is 13.3. The average molecular weight is 487 g/mol.